The van der Waals surface area contributed by atoms with Crippen molar-refractivity contribution in [3.05, 3.63) is 48.0 Å². The van der Waals surface area contributed by atoms with Gasteiger partial charge < -0.3 is 15.4 Å². The molecule has 1 fully saturated rings. The van der Waals surface area contributed by atoms with E-state index < -0.39 is 12.0 Å². The number of benzene rings is 2. The first-order valence-corrected chi connectivity index (χ1v) is 10.1. The zero-order valence-electron chi connectivity index (χ0n) is 16.9. The second kappa shape index (κ2) is 9.54. The Hall–Kier alpha value is -2.89. The molecule has 1 saturated carbocycles. The number of hydrogen-bond donors (Lipinski definition) is 2. The Morgan fingerprint density at radius 3 is 2.48 bits per heavy atom. The van der Waals surface area contributed by atoms with Crippen LogP contribution in [0, 0.1) is 11.8 Å². The highest BCUT2D eigenvalue weighted by Crippen LogP contribution is 2.26. The molecule has 2 atom stereocenters. The van der Waals surface area contributed by atoms with E-state index in [0.717, 1.165) is 35.6 Å². The maximum Gasteiger partial charge on any atom is 0.310 e. The molecule has 0 spiro atoms. The highest BCUT2D eigenvalue weighted by atomic mass is 16.5. The Labute approximate surface area is 171 Å². The molecular weight excluding hydrogens is 368 g/mol. The predicted octanol–water partition coefficient (Wildman–Crippen LogP) is 2.59. The third kappa shape index (κ3) is 5.34. The Bertz CT molecular complexity index is 891. The minimum Gasteiger partial charge on any atom is -0.469 e. The van der Waals surface area contributed by atoms with Gasteiger partial charge in [-0.3, -0.25) is 14.4 Å². The summed E-state index contributed by atoms with van der Waals surface area (Å²) in [7, 11) is 1.35. The van der Waals surface area contributed by atoms with Gasteiger partial charge in [0.15, 0.2) is 0 Å². The fourth-order valence-corrected chi connectivity index (χ4v) is 3.50. The largest absolute Gasteiger partial charge is 0.469 e. The fraction of sp³-hybridized carbons (Fsp3) is 0.435. The zero-order chi connectivity index (χ0) is 20.8. The van der Waals surface area contributed by atoms with Crippen LogP contribution < -0.4 is 10.6 Å². The van der Waals surface area contributed by atoms with Crippen LogP contribution in [0.3, 0.4) is 0 Å². The number of ether oxygens (including phenoxy) is 1. The molecule has 29 heavy (non-hydrogen) atoms. The van der Waals surface area contributed by atoms with Gasteiger partial charge in [0.05, 0.1) is 13.0 Å². The van der Waals surface area contributed by atoms with E-state index in [0.29, 0.717) is 6.42 Å². The third-order valence-corrected chi connectivity index (χ3v) is 5.58. The third-order valence-electron chi connectivity index (χ3n) is 5.58. The first-order valence-electron chi connectivity index (χ1n) is 10.1. The van der Waals surface area contributed by atoms with Gasteiger partial charge in [-0.2, -0.15) is 0 Å². The van der Waals surface area contributed by atoms with Crippen LogP contribution in [0.15, 0.2) is 42.5 Å². The number of esters is 1. The number of methoxy groups -OCH3 is 1. The minimum absolute atomic E-state index is 0.0287. The normalized spacial score (nSPS) is 15.8. The van der Waals surface area contributed by atoms with E-state index in [9.17, 15) is 14.4 Å². The molecule has 2 amide bonds. The summed E-state index contributed by atoms with van der Waals surface area (Å²) in [6.07, 6.45) is 3.29. The second-order valence-electron chi connectivity index (χ2n) is 7.71. The summed E-state index contributed by atoms with van der Waals surface area (Å²) in [5.41, 5.74) is 1.000. The number of rotatable bonds is 8. The summed E-state index contributed by atoms with van der Waals surface area (Å²) in [6.45, 7) is 1.81. The van der Waals surface area contributed by atoms with E-state index in [1.807, 2.05) is 36.4 Å². The lowest BCUT2D eigenvalue weighted by atomic mass is 9.84. The molecule has 1 aliphatic rings. The van der Waals surface area contributed by atoms with Crippen LogP contribution in [0.5, 0.6) is 0 Å². The van der Waals surface area contributed by atoms with E-state index in [1.165, 1.54) is 7.11 Å². The van der Waals surface area contributed by atoms with Crippen molar-refractivity contribution >= 4 is 28.6 Å². The lowest BCUT2D eigenvalue weighted by Crippen LogP contribution is -2.49. The number of nitrogens with one attached hydrogen (secondary N) is 2. The van der Waals surface area contributed by atoms with Crippen LogP contribution in [0.2, 0.25) is 0 Å². The summed E-state index contributed by atoms with van der Waals surface area (Å²) in [6, 6.07) is 13.5. The van der Waals surface area contributed by atoms with Gasteiger partial charge in [-0.1, -0.05) is 48.9 Å². The molecule has 2 N–H and O–H groups in total. The summed E-state index contributed by atoms with van der Waals surface area (Å²) < 4.78 is 4.92. The molecule has 2 aromatic carbocycles. The van der Waals surface area contributed by atoms with Gasteiger partial charge in [-0.05, 0) is 42.5 Å². The van der Waals surface area contributed by atoms with Crippen LogP contribution in [0.1, 0.15) is 31.7 Å². The standard InChI is InChI=1S/C23H28N2O4/c1-15(25-22(27)18-8-5-9-18)21(26)24-14-20(23(28)29-2)13-16-10-11-17-6-3-4-7-19(17)12-16/h3-4,6-7,10-12,15,18,20H,5,8-9,13-14H2,1-2H3,(H,24,26)(H,25,27). The zero-order valence-corrected chi connectivity index (χ0v) is 16.9. The molecule has 0 bridgehead atoms. The second-order valence-corrected chi connectivity index (χ2v) is 7.71. The topological polar surface area (TPSA) is 84.5 Å². The molecule has 1 aliphatic carbocycles. The Kier molecular flexibility index (Phi) is 6.86. The molecule has 2 aromatic rings. The van der Waals surface area contributed by atoms with Gasteiger partial charge in [0, 0.05) is 12.5 Å². The van der Waals surface area contributed by atoms with Crippen molar-refractivity contribution in [1.82, 2.24) is 10.6 Å². The van der Waals surface area contributed by atoms with E-state index >= 15 is 0 Å². The molecule has 0 aliphatic heterocycles. The number of carbonyl (C=O) groups excluding carboxylic acids is 3. The van der Waals surface area contributed by atoms with Gasteiger partial charge in [-0.15, -0.1) is 0 Å². The van der Waals surface area contributed by atoms with Crippen LogP contribution in [-0.2, 0) is 25.5 Å². The van der Waals surface area contributed by atoms with Crippen LogP contribution in [0.25, 0.3) is 10.8 Å². The molecule has 0 saturated heterocycles. The Balaban J connectivity index is 1.58. The van der Waals surface area contributed by atoms with Crippen LogP contribution in [-0.4, -0.2) is 37.5 Å². The molecule has 2 unspecified atom stereocenters. The highest BCUT2D eigenvalue weighted by molar-refractivity contribution is 5.88. The summed E-state index contributed by atoms with van der Waals surface area (Å²) in [5, 5.41) is 7.77. The average Bonchev–Trinajstić information content (AvgIpc) is 2.68. The number of hydrogen-bond acceptors (Lipinski definition) is 4. The summed E-state index contributed by atoms with van der Waals surface area (Å²) >= 11 is 0. The minimum atomic E-state index is -0.637. The van der Waals surface area contributed by atoms with Gasteiger partial charge in [0.1, 0.15) is 6.04 Å². The SMILES string of the molecule is COC(=O)C(CNC(=O)C(C)NC(=O)C1CCC1)Cc1ccc2ccccc2c1. The van der Waals surface area contributed by atoms with E-state index in [4.69, 9.17) is 4.74 Å². The Morgan fingerprint density at radius 1 is 1.10 bits per heavy atom. The van der Waals surface area contributed by atoms with Gasteiger partial charge in [0.2, 0.25) is 11.8 Å². The molecule has 6 nitrogen and oxygen atoms in total. The fourth-order valence-electron chi connectivity index (χ4n) is 3.50. The molecule has 6 heteroatoms. The van der Waals surface area contributed by atoms with Crippen LogP contribution >= 0.6 is 0 Å². The highest BCUT2D eigenvalue weighted by Gasteiger charge is 2.28. The number of fused-ring (bicyclic) bond motifs is 1. The smallest absolute Gasteiger partial charge is 0.310 e. The molecule has 154 valence electrons. The monoisotopic (exact) mass is 396 g/mol. The quantitative estimate of drug-likeness (QED) is 0.672. The summed E-state index contributed by atoms with van der Waals surface area (Å²) in [4.78, 5) is 36.6. The molecule has 0 radical (unpaired) electrons. The van der Waals surface area contributed by atoms with E-state index in [-0.39, 0.29) is 30.2 Å². The molecule has 3 rings (SSSR count). The van der Waals surface area contributed by atoms with Crippen molar-refractivity contribution in [3.63, 3.8) is 0 Å². The predicted molar refractivity (Wildman–Crippen MR) is 111 cm³/mol. The van der Waals surface area contributed by atoms with Gasteiger partial charge in [-0.25, -0.2) is 0 Å². The van der Waals surface area contributed by atoms with Crippen molar-refractivity contribution in [2.45, 2.75) is 38.6 Å². The van der Waals surface area contributed by atoms with Gasteiger partial charge >= 0.3 is 5.97 Å². The molecule has 0 aromatic heterocycles. The van der Waals surface area contributed by atoms with Crippen LogP contribution in [0.4, 0.5) is 0 Å². The Morgan fingerprint density at radius 2 is 1.83 bits per heavy atom. The molecular formula is C23H28N2O4. The average molecular weight is 396 g/mol. The number of carbonyl (C=O) groups is 3. The van der Waals surface area contributed by atoms with Crippen molar-refractivity contribution in [1.29, 1.82) is 0 Å². The van der Waals surface area contributed by atoms with E-state index in [1.54, 1.807) is 6.92 Å². The van der Waals surface area contributed by atoms with Crippen molar-refractivity contribution in [3.8, 4) is 0 Å². The number of amides is 2. The first kappa shape index (κ1) is 20.8. The van der Waals surface area contributed by atoms with E-state index in [2.05, 4.69) is 16.7 Å². The van der Waals surface area contributed by atoms with Crippen molar-refractivity contribution in [2.24, 2.45) is 11.8 Å². The summed E-state index contributed by atoms with van der Waals surface area (Å²) in [5.74, 6) is -1.21. The van der Waals surface area contributed by atoms with Crippen molar-refractivity contribution < 1.29 is 19.1 Å². The maximum absolute atomic E-state index is 12.4. The van der Waals surface area contributed by atoms with Gasteiger partial charge in [0.25, 0.3) is 0 Å². The molecule has 0 heterocycles. The lowest BCUT2D eigenvalue weighted by Gasteiger charge is -2.26. The maximum atomic E-state index is 12.4. The first-order chi connectivity index (χ1) is 14.0. The lowest BCUT2D eigenvalue weighted by molar-refractivity contribution is -0.145. The van der Waals surface area contributed by atoms with Crippen molar-refractivity contribution in [2.75, 3.05) is 13.7 Å².